The molecule has 5 aliphatic rings. The molecular weight excluding hydrogens is 292 g/mol. The fourth-order valence-electron chi connectivity index (χ4n) is 7.25. The van der Waals surface area contributed by atoms with Gasteiger partial charge in [-0.1, -0.05) is 17.7 Å². The number of nitrogens with one attached hydrogen (secondary N) is 1. The molecule has 6 rings (SSSR count). The van der Waals surface area contributed by atoms with Crippen LogP contribution in [0, 0.1) is 24.2 Å². The molecule has 2 spiro atoms. The summed E-state index contributed by atoms with van der Waals surface area (Å²) in [6.07, 6.45) is 10.5. The van der Waals surface area contributed by atoms with E-state index < -0.39 is 0 Å². The molecule has 4 atom stereocenters. The maximum absolute atomic E-state index is 3.70. The summed E-state index contributed by atoms with van der Waals surface area (Å²) in [6.45, 7) is 6.06. The third kappa shape index (κ3) is 1.76. The van der Waals surface area contributed by atoms with Crippen molar-refractivity contribution in [1.29, 1.82) is 0 Å². The summed E-state index contributed by atoms with van der Waals surface area (Å²) in [6, 6.07) is 7.93. The largest absolute Gasteiger partial charge is 0.384 e. The molecule has 0 amide bonds. The lowest BCUT2D eigenvalue weighted by Gasteiger charge is -2.42. The molecule has 1 aromatic rings. The Morgan fingerprint density at radius 3 is 2.75 bits per heavy atom. The van der Waals surface area contributed by atoms with Crippen LogP contribution in [-0.2, 0) is 5.41 Å². The van der Waals surface area contributed by atoms with E-state index in [2.05, 4.69) is 35.3 Å². The lowest BCUT2D eigenvalue weighted by molar-refractivity contribution is 0.118. The Balaban J connectivity index is 0.00000140. The van der Waals surface area contributed by atoms with Gasteiger partial charge in [0.1, 0.15) is 0 Å². The Hall–Kier alpha value is -1.02. The SMILES string of the molecule is Cc1ccc2c(c1)C1(CCN(C3CC4CCC5CC45C3)CC1)CN2.[HH]. The molecule has 2 heterocycles. The quantitative estimate of drug-likeness (QED) is 0.813. The summed E-state index contributed by atoms with van der Waals surface area (Å²) >= 11 is 0. The average molecular weight is 325 g/mol. The summed E-state index contributed by atoms with van der Waals surface area (Å²) in [7, 11) is 0. The molecule has 1 aromatic carbocycles. The van der Waals surface area contributed by atoms with E-state index >= 15 is 0 Å². The Morgan fingerprint density at radius 2 is 1.96 bits per heavy atom. The highest BCUT2D eigenvalue weighted by atomic mass is 15.2. The summed E-state index contributed by atoms with van der Waals surface area (Å²) in [5, 5.41) is 3.70. The number of rotatable bonds is 1. The molecule has 0 aromatic heterocycles. The Bertz CT molecular complexity index is 693. The Labute approximate surface area is 147 Å². The fourth-order valence-corrected chi connectivity index (χ4v) is 7.25. The molecule has 1 saturated heterocycles. The van der Waals surface area contributed by atoms with Crippen LogP contribution >= 0.6 is 0 Å². The molecule has 2 heteroatoms. The number of benzene rings is 1. The molecule has 4 unspecified atom stereocenters. The number of hydrogen-bond donors (Lipinski definition) is 1. The zero-order chi connectivity index (χ0) is 15.9. The lowest BCUT2D eigenvalue weighted by atomic mass is 9.73. The summed E-state index contributed by atoms with van der Waals surface area (Å²) in [5.41, 5.74) is 5.71. The zero-order valence-corrected chi connectivity index (χ0v) is 15.0. The summed E-state index contributed by atoms with van der Waals surface area (Å²) < 4.78 is 0. The first-order valence-electron chi connectivity index (χ1n) is 10.3. The molecule has 2 aliphatic heterocycles. The van der Waals surface area contributed by atoms with Gasteiger partial charge in [-0.2, -0.15) is 0 Å². The van der Waals surface area contributed by atoms with Crippen molar-refractivity contribution in [2.45, 2.75) is 63.3 Å². The second-order valence-electron chi connectivity index (χ2n) is 9.72. The first-order valence-corrected chi connectivity index (χ1v) is 10.3. The fraction of sp³-hybridized carbons (Fsp3) is 0.727. The number of fused-ring (bicyclic) bond motifs is 2. The third-order valence-corrected chi connectivity index (χ3v) is 8.76. The minimum absolute atomic E-state index is 0. The van der Waals surface area contributed by atoms with Gasteiger partial charge in [0.25, 0.3) is 0 Å². The highest BCUT2D eigenvalue weighted by Gasteiger charge is 2.66. The molecule has 24 heavy (non-hydrogen) atoms. The maximum Gasteiger partial charge on any atom is 0.0379 e. The van der Waals surface area contributed by atoms with Crippen molar-refractivity contribution < 1.29 is 1.43 Å². The second-order valence-corrected chi connectivity index (χ2v) is 9.72. The van der Waals surface area contributed by atoms with E-state index in [-0.39, 0.29) is 1.43 Å². The average Bonchev–Trinajstić information content (AvgIpc) is 2.88. The molecule has 2 nitrogen and oxygen atoms in total. The zero-order valence-electron chi connectivity index (χ0n) is 15.0. The van der Waals surface area contributed by atoms with Crippen molar-refractivity contribution in [3.8, 4) is 0 Å². The second kappa shape index (κ2) is 4.58. The first kappa shape index (κ1) is 14.2. The van der Waals surface area contributed by atoms with E-state index in [1.807, 2.05) is 0 Å². The number of aryl methyl sites for hydroxylation is 1. The van der Waals surface area contributed by atoms with Crippen LogP contribution in [0.15, 0.2) is 18.2 Å². The van der Waals surface area contributed by atoms with Crippen LogP contribution in [0.25, 0.3) is 0 Å². The van der Waals surface area contributed by atoms with Crippen LogP contribution in [0.3, 0.4) is 0 Å². The van der Waals surface area contributed by atoms with E-state index in [1.54, 1.807) is 31.2 Å². The van der Waals surface area contributed by atoms with Gasteiger partial charge in [-0.15, -0.1) is 0 Å². The van der Waals surface area contributed by atoms with Gasteiger partial charge in [-0.05, 0) is 93.8 Å². The standard InChI is InChI=1S/C22H30N2.H2/c1-15-2-5-20-19(10-15)21(14-23-20)6-8-24(9-7-21)18-11-16-3-4-17-12-22(16,17)13-18;/h2,5,10,16-18,23H,3-4,6-9,11-14H2,1H3;1H. The van der Waals surface area contributed by atoms with Gasteiger partial charge in [-0.25, -0.2) is 0 Å². The monoisotopic (exact) mass is 324 g/mol. The molecule has 0 bridgehead atoms. The van der Waals surface area contributed by atoms with Crippen LogP contribution in [0.2, 0.25) is 0 Å². The van der Waals surface area contributed by atoms with Crippen molar-refractivity contribution in [2.75, 3.05) is 25.0 Å². The van der Waals surface area contributed by atoms with Gasteiger partial charge in [0.05, 0.1) is 0 Å². The minimum Gasteiger partial charge on any atom is -0.384 e. The molecule has 130 valence electrons. The van der Waals surface area contributed by atoms with E-state index in [0.717, 1.165) is 23.3 Å². The topological polar surface area (TPSA) is 15.3 Å². The molecule has 4 fully saturated rings. The van der Waals surface area contributed by atoms with Crippen molar-refractivity contribution in [3.05, 3.63) is 29.3 Å². The normalized spacial score (nSPS) is 41.8. The van der Waals surface area contributed by atoms with E-state index in [1.165, 1.54) is 50.1 Å². The van der Waals surface area contributed by atoms with Crippen LogP contribution in [0.1, 0.15) is 57.5 Å². The van der Waals surface area contributed by atoms with Gasteiger partial charge in [-0.3, -0.25) is 0 Å². The molecule has 3 aliphatic carbocycles. The smallest absolute Gasteiger partial charge is 0.0379 e. The number of likely N-dealkylation sites (tertiary alicyclic amines) is 1. The van der Waals surface area contributed by atoms with Crippen molar-refractivity contribution >= 4 is 5.69 Å². The van der Waals surface area contributed by atoms with Crippen molar-refractivity contribution in [1.82, 2.24) is 4.90 Å². The predicted molar refractivity (Wildman–Crippen MR) is 101 cm³/mol. The Kier molecular flexibility index (Phi) is 2.70. The first-order chi connectivity index (χ1) is 11.7. The highest BCUT2D eigenvalue weighted by Crippen LogP contribution is 2.73. The van der Waals surface area contributed by atoms with E-state index in [4.69, 9.17) is 0 Å². The highest BCUT2D eigenvalue weighted by molar-refractivity contribution is 5.61. The number of nitrogens with zero attached hydrogens (tertiary/aromatic N) is 1. The van der Waals surface area contributed by atoms with E-state index in [0.29, 0.717) is 5.41 Å². The molecule has 1 N–H and O–H groups in total. The van der Waals surface area contributed by atoms with Crippen LogP contribution < -0.4 is 5.32 Å². The van der Waals surface area contributed by atoms with Gasteiger partial charge >= 0.3 is 0 Å². The molecule has 3 saturated carbocycles. The van der Waals surface area contributed by atoms with Crippen LogP contribution in [-0.4, -0.2) is 30.6 Å². The number of anilines is 1. The molecule has 0 radical (unpaired) electrons. The van der Waals surface area contributed by atoms with Gasteiger partial charge in [0.15, 0.2) is 0 Å². The van der Waals surface area contributed by atoms with Crippen molar-refractivity contribution in [2.24, 2.45) is 17.3 Å². The van der Waals surface area contributed by atoms with Gasteiger partial charge in [0.2, 0.25) is 0 Å². The maximum atomic E-state index is 3.70. The summed E-state index contributed by atoms with van der Waals surface area (Å²) in [4.78, 5) is 2.89. The van der Waals surface area contributed by atoms with E-state index in [9.17, 15) is 0 Å². The third-order valence-electron chi connectivity index (χ3n) is 8.76. The van der Waals surface area contributed by atoms with Crippen molar-refractivity contribution in [3.63, 3.8) is 0 Å². The predicted octanol–water partition coefficient (Wildman–Crippen LogP) is 4.58. The summed E-state index contributed by atoms with van der Waals surface area (Å²) in [5.74, 6) is 2.23. The van der Waals surface area contributed by atoms with Crippen LogP contribution in [0.5, 0.6) is 0 Å². The number of piperidine rings is 1. The Morgan fingerprint density at radius 1 is 1.12 bits per heavy atom. The van der Waals surface area contributed by atoms with Gasteiger partial charge < -0.3 is 10.2 Å². The van der Waals surface area contributed by atoms with Crippen LogP contribution in [0.4, 0.5) is 5.69 Å². The lowest BCUT2D eigenvalue weighted by Crippen LogP contribution is -2.47. The number of hydrogen-bond acceptors (Lipinski definition) is 2. The minimum atomic E-state index is 0. The molecular formula is C22H32N2. The van der Waals surface area contributed by atoms with Gasteiger partial charge in [0, 0.05) is 25.1 Å².